The number of amides is 1. The van der Waals surface area contributed by atoms with Gasteiger partial charge in [0.05, 0.1) is 13.7 Å². The number of carbonyl (C=O) groups is 1. The zero-order valence-electron chi connectivity index (χ0n) is 18.4. The van der Waals surface area contributed by atoms with Crippen LogP contribution >= 0.6 is 0 Å². The molecule has 0 aromatic heterocycles. The van der Waals surface area contributed by atoms with Crippen molar-refractivity contribution in [1.82, 2.24) is 15.1 Å². The van der Waals surface area contributed by atoms with Gasteiger partial charge in [0.15, 0.2) is 17.5 Å². The first-order valence-electron chi connectivity index (χ1n) is 10.8. The first-order chi connectivity index (χ1) is 14.7. The molecule has 0 saturated carbocycles. The minimum Gasteiger partial charge on any atom is -0.493 e. The van der Waals surface area contributed by atoms with E-state index in [2.05, 4.69) is 22.1 Å². The number of hydrogen-bond acceptors (Lipinski definition) is 5. The molecule has 0 spiro atoms. The molecule has 3 rings (SSSR count). The number of piperazine rings is 1. The number of guanidine groups is 1. The van der Waals surface area contributed by atoms with E-state index in [0.29, 0.717) is 32.8 Å². The summed E-state index contributed by atoms with van der Waals surface area (Å²) in [5.74, 6) is 2.47. The quantitative estimate of drug-likeness (QED) is 0.538. The SMILES string of the molecule is CCCOc1ccc(CNC(=NC)N2CCN(C(=O)C3CCCO3)CC2)cc1OC. The van der Waals surface area contributed by atoms with Crippen molar-refractivity contribution in [3.05, 3.63) is 23.8 Å². The van der Waals surface area contributed by atoms with Crippen LogP contribution < -0.4 is 14.8 Å². The fourth-order valence-electron chi connectivity index (χ4n) is 3.78. The highest BCUT2D eigenvalue weighted by molar-refractivity contribution is 5.82. The van der Waals surface area contributed by atoms with E-state index in [1.807, 2.05) is 23.1 Å². The molecule has 8 nitrogen and oxygen atoms in total. The number of nitrogens with zero attached hydrogens (tertiary/aromatic N) is 3. The van der Waals surface area contributed by atoms with Crippen LogP contribution in [0.2, 0.25) is 0 Å². The maximum Gasteiger partial charge on any atom is 0.251 e. The summed E-state index contributed by atoms with van der Waals surface area (Å²) in [5.41, 5.74) is 1.09. The average Bonchev–Trinajstić information content (AvgIpc) is 3.33. The van der Waals surface area contributed by atoms with Gasteiger partial charge in [0.25, 0.3) is 5.91 Å². The number of nitrogens with one attached hydrogen (secondary N) is 1. The number of hydrogen-bond donors (Lipinski definition) is 1. The van der Waals surface area contributed by atoms with Crippen LogP contribution in [0.1, 0.15) is 31.7 Å². The number of aliphatic imine (C=N–C) groups is 1. The number of ether oxygens (including phenoxy) is 3. The molecule has 1 aromatic rings. The highest BCUT2D eigenvalue weighted by Gasteiger charge is 2.30. The summed E-state index contributed by atoms with van der Waals surface area (Å²) in [7, 11) is 3.44. The molecule has 2 aliphatic heterocycles. The second-order valence-electron chi connectivity index (χ2n) is 7.55. The Morgan fingerprint density at radius 3 is 2.63 bits per heavy atom. The van der Waals surface area contributed by atoms with Gasteiger partial charge in [-0.3, -0.25) is 9.79 Å². The summed E-state index contributed by atoms with van der Waals surface area (Å²) >= 11 is 0. The van der Waals surface area contributed by atoms with Gasteiger partial charge in [-0.2, -0.15) is 0 Å². The average molecular weight is 419 g/mol. The third-order valence-corrected chi connectivity index (χ3v) is 5.45. The first-order valence-corrected chi connectivity index (χ1v) is 10.8. The summed E-state index contributed by atoms with van der Waals surface area (Å²) in [4.78, 5) is 21.1. The van der Waals surface area contributed by atoms with Gasteiger partial charge < -0.3 is 29.3 Å². The molecule has 0 bridgehead atoms. The van der Waals surface area contributed by atoms with Crippen LogP contribution in [0.25, 0.3) is 0 Å². The number of carbonyl (C=O) groups excluding carboxylic acids is 1. The lowest BCUT2D eigenvalue weighted by molar-refractivity contribution is -0.142. The predicted octanol–water partition coefficient (Wildman–Crippen LogP) is 1.88. The fraction of sp³-hybridized carbons (Fsp3) is 0.636. The Kier molecular flexibility index (Phi) is 8.19. The molecule has 0 radical (unpaired) electrons. The van der Waals surface area contributed by atoms with Crippen LogP contribution in [0.3, 0.4) is 0 Å². The van der Waals surface area contributed by atoms with E-state index in [-0.39, 0.29) is 12.0 Å². The van der Waals surface area contributed by atoms with Crippen LogP contribution in [0.4, 0.5) is 0 Å². The summed E-state index contributed by atoms with van der Waals surface area (Å²) in [5, 5.41) is 3.42. The number of rotatable bonds is 7. The highest BCUT2D eigenvalue weighted by Crippen LogP contribution is 2.28. The third-order valence-electron chi connectivity index (χ3n) is 5.45. The smallest absolute Gasteiger partial charge is 0.251 e. The van der Waals surface area contributed by atoms with Gasteiger partial charge in [0.1, 0.15) is 6.10 Å². The van der Waals surface area contributed by atoms with Gasteiger partial charge in [-0.15, -0.1) is 0 Å². The molecule has 2 aliphatic rings. The maximum absolute atomic E-state index is 12.5. The minimum atomic E-state index is -0.242. The van der Waals surface area contributed by atoms with Crippen molar-refractivity contribution < 1.29 is 19.0 Å². The van der Waals surface area contributed by atoms with Gasteiger partial charge in [0.2, 0.25) is 0 Å². The minimum absolute atomic E-state index is 0.132. The molecule has 1 amide bonds. The molecule has 2 fully saturated rings. The molecule has 1 aromatic carbocycles. The second kappa shape index (κ2) is 11.1. The van der Waals surface area contributed by atoms with Gasteiger partial charge >= 0.3 is 0 Å². The lowest BCUT2D eigenvalue weighted by Crippen LogP contribution is -2.55. The fourth-order valence-corrected chi connectivity index (χ4v) is 3.78. The van der Waals surface area contributed by atoms with E-state index in [1.54, 1.807) is 14.2 Å². The normalized spacial score (nSPS) is 19.7. The summed E-state index contributed by atoms with van der Waals surface area (Å²) in [6.07, 6.45) is 2.53. The Balaban J connectivity index is 1.51. The van der Waals surface area contributed by atoms with Crippen molar-refractivity contribution in [2.45, 2.75) is 38.8 Å². The summed E-state index contributed by atoms with van der Waals surface area (Å²) < 4.78 is 16.7. The van der Waals surface area contributed by atoms with E-state index in [0.717, 1.165) is 55.4 Å². The zero-order chi connectivity index (χ0) is 21.3. The van der Waals surface area contributed by atoms with Crippen LogP contribution in [-0.2, 0) is 16.1 Å². The van der Waals surface area contributed by atoms with E-state index < -0.39 is 0 Å². The number of benzene rings is 1. The van der Waals surface area contributed by atoms with E-state index >= 15 is 0 Å². The maximum atomic E-state index is 12.5. The van der Waals surface area contributed by atoms with Gasteiger partial charge in [0, 0.05) is 46.4 Å². The van der Waals surface area contributed by atoms with Crippen molar-refractivity contribution in [3.8, 4) is 11.5 Å². The molecule has 1 N–H and O–H groups in total. The van der Waals surface area contributed by atoms with Crippen LogP contribution in [0, 0.1) is 0 Å². The molecule has 0 aliphatic carbocycles. The lowest BCUT2D eigenvalue weighted by Gasteiger charge is -2.37. The summed E-state index contributed by atoms with van der Waals surface area (Å²) in [6.45, 7) is 6.97. The molecule has 1 atom stereocenters. The Morgan fingerprint density at radius 2 is 2.00 bits per heavy atom. The predicted molar refractivity (Wildman–Crippen MR) is 116 cm³/mol. The first kappa shape index (κ1) is 22.2. The molecule has 2 saturated heterocycles. The second-order valence-corrected chi connectivity index (χ2v) is 7.55. The summed E-state index contributed by atoms with van der Waals surface area (Å²) in [6, 6.07) is 5.97. The Bertz CT molecular complexity index is 726. The van der Waals surface area contributed by atoms with E-state index in [9.17, 15) is 4.79 Å². The van der Waals surface area contributed by atoms with Crippen molar-refractivity contribution in [3.63, 3.8) is 0 Å². The van der Waals surface area contributed by atoms with Crippen LogP contribution in [-0.4, -0.2) is 81.3 Å². The van der Waals surface area contributed by atoms with Crippen molar-refractivity contribution in [2.24, 2.45) is 4.99 Å². The third kappa shape index (κ3) is 5.56. The molecule has 1 unspecified atom stereocenters. The van der Waals surface area contributed by atoms with E-state index in [4.69, 9.17) is 14.2 Å². The van der Waals surface area contributed by atoms with Crippen molar-refractivity contribution >= 4 is 11.9 Å². The van der Waals surface area contributed by atoms with Gasteiger partial charge in [-0.25, -0.2) is 0 Å². The standard InChI is InChI=1S/C22H34N4O4/c1-4-13-29-18-8-7-17(15-20(18)28-3)16-24-22(23-2)26-11-9-25(10-12-26)21(27)19-6-5-14-30-19/h7-8,15,19H,4-6,9-14,16H2,1-3H3,(H,23,24). The number of methoxy groups -OCH3 is 1. The Hall–Kier alpha value is -2.48. The molecule has 30 heavy (non-hydrogen) atoms. The van der Waals surface area contributed by atoms with Gasteiger partial charge in [-0.1, -0.05) is 13.0 Å². The zero-order valence-corrected chi connectivity index (χ0v) is 18.4. The van der Waals surface area contributed by atoms with E-state index in [1.165, 1.54) is 0 Å². The molecular formula is C22H34N4O4. The van der Waals surface area contributed by atoms with Crippen LogP contribution in [0.15, 0.2) is 23.2 Å². The Labute approximate surface area is 179 Å². The largest absolute Gasteiger partial charge is 0.493 e. The monoisotopic (exact) mass is 418 g/mol. The topological polar surface area (TPSA) is 75.6 Å². The molecule has 8 heteroatoms. The van der Waals surface area contributed by atoms with Crippen molar-refractivity contribution in [2.75, 3.05) is 53.6 Å². The molecule has 2 heterocycles. The van der Waals surface area contributed by atoms with Gasteiger partial charge in [-0.05, 0) is 37.0 Å². The Morgan fingerprint density at radius 1 is 1.23 bits per heavy atom. The van der Waals surface area contributed by atoms with Crippen LogP contribution in [0.5, 0.6) is 11.5 Å². The molecule has 166 valence electrons. The molecular weight excluding hydrogens is 384 g/mol. The van der Waals surface area contributed by atoms with Crippen molar-refractivity contribution in [1.29, 1.82) is 0 Å². The lowest BCUT2D eigenvalue weighted by atomic mass is 10.2. The highest BCUT2D eigenvalue weighted by atomic mass is 16.5.